The van der Waals surface area contributed by atoms with Crippen molar-refractivity contribution >= 4 is 11.9 Å². The summed E-state index contributed by atoms with van der Waals surface area (Å²) in [6, 6.07) is 7.88. The highest BCUT2D eigenvalue weighted by atomic mass is 16.4. The Hall–Kier alpha value is -2.63. The van der Waals surface area contributed by atoms with Crippen LogP contribution in [0, 0.1) is 5.92 Å². The van der Waals surface area contributed by atoms with Crippen LogP contribution in [0.1, 0.15) is 18.1 Å². The Morgan fingerprint density at radius 1 is 1.27 bits per heavy atom. The molecule has 0 aliphatic carbocycles. The van der Waals surface area contributed by atoms with Crippen molar-refractivity contribution in [2.45, 2.75) is 20.0 Å². The number of hydrogen-bond acceptors (Lipinski definition) is 3. The lowest BCUT2D eigenvalue weighted by Crippen LogP contribution is -2.34. The van der Waals surface area contributed by atoms with Crippen LogP contribution in [-0.2, 0) is 22.7 Å². The zero-order valence-electron chi connectivity index (χ0n) is 12.6. The van der Waals surface area contributed by atoms with Crippen molar-refractivity contribution in [2.75, 3.05) is 7.05 Å². The number of carbonyl (C=O) groups excluding carboxylic acids is 1. The topological polar surface area (TPSA) is 75.4 Å². The maximum atomic E-state index is 11.9. The summed E-state index contributed by atoms with van der Waals surface area (Å²) in [4.78, 5) is 28.2. The van der Waals surface area contributed by atoms with Gasteiger partial charge in [-0.2, -0.15) is 0 Å². The number of nitrogens with zero attached hydrogens (tertiary/aromatic N) is 3. The van der Waals surface area contributed by atoms with Gasteiger partial charge >= 0.3 is 5.97 Å². The van der Waals surface area contributed by atoms with Gasteiger partial charge in [-0.1, -0.05) is 24.3 Å². The maximum absolute atomic E-state index is 11.9. The van der Waals surface area contributed by atoms with E-state index in [9.17, 15) is 9.59 Å². The zero-order chi connectivity index (χ0) is 16.1. The molecule has 0 radical (unpaired) electrons. The van der Waals surface area contributed by atoms with E-state index in [1.165, 1.54) is 11.8 Å². The number of aliphatic carboxylic acids is 1. The van der Waals surface area contributed by atoms with E-state index in [0.717, 1.165) is 17.7 Å². The average molecular weight is 301 g/mol. The molecule has 22 heavy (non-hydrogen) atoms. The molecule has 0 saturated carbocycles. The smallest absolute Gasteiger partial charge is 0.315 e. The third kappa shape index (κ3) is 3.94. The van der Waals surface area contributed by atoms with E-state index in [1.807, 2.05) is 35.0 Å². The molecule has 1 amide bonds. The Kier molecular flexibility index (Phi) is 4.93. The Morgan fingerprint density at radius 3 is 2.45 bits per heavy atom. The van der Waals surface area contributed by atoms with Crippen LogP contribution in [0.5, 0.6) is 0 Å². The van der Waals surface area contributed by atoms with Crippen molar-refractivity contribution in [2.24, 2.45) is 5.92 Å². The lowest BCUT2D eigenvalue weighted by atomic mass is 10.1. The van der Waals surface area contributed by atoms with Crippen molar-refractivity contribution in [1.29, 1.82) is 0 Å². The largest absolute Gasteiger partial charge is 0.481 e. The van der Waals surface area contributed by atoms with Crippen molar-refractivity contribution in [3.63, 3.8) is 0 Å². The number of imidazole rings is 1. The highest BCUT2D eigenvalue weighted by Gasteiger charge is 2.23. The second-order valence-electron chi connectivity index (χ2n) is 5.31. The number of carboxylic acids is 1. The van der Waals surface area contributed by atoms with E-state index in [0.29, 0.717) is 6.54 Å². The first-order valence-corrected chi connectivity index (χ1v) is 6.98. The van der Waals surface area contributed by atoms with Crippen LogP contribution in [0.2, 0.25) is 0 Å². The Balaban J connectivity index is 1.96. The van der Waals surface area contributed by atoms with E-state index in [-0.39, 0.29) is 0 Å². The SMILES string of the molecule is CC(C(=O)O)C(=O)N(C)Cc1ccc(Cn2ccnc2)cc1. The third-order valence-corrected chi connectivity index (χ3v) is 3.48. The number of hydrogen-bond donors (Lipinski definition) is 1. The van der Waals surface area contributed by atoms with Gasteiger partial charge < -0.3 is 14.6 Å². The van der Waals surface area contributed by atoms with Crippen molar-refractivity contribution < 1.29 is 14.7 Å². The molecule has 1 N–H and O–H groups in total. The molecule has 1 heterocycles. The van der Waals surface area contributed by atoms with Crippen molar-refractivity contribution in [3.05, 3.63) is 54.1 Å². The van der Waals surface area contributed by atoms with Gasteiger partial charge in [0.05, 0.1) is 6.33 Å². The van der Waals surface area contributed by atoms with Gasteiger partial charge in [-0.05, 0) is 18.1 Å². The molecule has 1 aromatic carbocycles. The molecule has 1 atom stereocenters. The lowest BCUT2D eigenvalue weighted by Gasteiger charge is -2.19. The Labute approximate surface area is 129 Å². The van der Waals surface area contributed by atoms with Crippen LogP contribution < -0.4 is 0 Å². The van der Waals surface area contributed by atoms with Gasteiger partial charge in [0.15, 0.2) is 0 Å². The van der Waals surface area contributed by atoms with Gasteiger partial charge in [0.25, 0.3) is 0 Å². The Morgan fingerprint density at radius 2 is 1.91 bits per heavy atom. The molecule has 116 valence electrons. The van der Waals surface area contributed by atoms with Crippen LogP contribution >= 0.6 is 0 Å². The quantitative estimate of drug-likeness (QED) is 0.823. The molecular formula is C16H19N3O3. The third-order valence-electron chi connectivity index (χ3n) is 3.48. The van der Waals surface area contributed by atoms with Crippen LogP contribution in [0.25, 0.3) is 0 Å². The average Bonchev–Trinajstić information content (AvgIpc) is 3.00. The van der Waals surface area contributed by atoms with E-state index >= 15 is 0 Å². The van der Waals surface area contributed by atoms with Crippen LogP contribution in [0.15, 0.2) is 43.0 Å². The van der Waals surface area contributed by atoms with Crippen molar-refractivity contribution in [3.8, 4) is 0 Å². The molecule has 0 spiro atoms. The first kappa shape index (κ1) is 15.8. The fourth-order valence-corrected chi connectivity index (χ4v) is 2.13. The van der Waals surface area contributed by atoms with Gasteiger partial charge in [0.1, 0.15) is 5.92 Å². The van der Waals surface area contributed by atoms with E-state index in [4.69, 9.17) is 5.11 Å². The normalized spacial score (nSPS) is 11.9. The fraction of sp³-hybridized carbons (Fsp3) is 0.312. The van der Waals surface area contributed by atoms with Gasteiger partial charge in [0, 0.05) is 32.5 Å². The molecule has 0 aliphatic heterocycles. The number of rotatable bonds is 6. The summed E-state index contributed by atoms with van der Waals surface area (Å²) in [6.45, 7) is 2.53. The number of carbonyl (C=O) groups is 2. The second kappa shape index (κ2) is 6.89. The summed E-state index contributed by atoms with van der Waals surface area (Å²) in [5.74, 6) is -2.52. The summed E-state index contributed by atoms with van der Waals surface area (Å²) in [5, 5.41) is 8.87. The Bertz CT molecular complexity index is 635. The predicted octanol–water partition coefficient (Wildman–Crippen LogP) is 1.61. The van der Waals surface area contributed by atoms with Gasteiger partial charge in [-0.3, -0.25) is 9.59 Å². The number of amides is 1. The molecule has 0 bridgehead atoms. The number of aromatic nitrogens is 2. The summed E-state index contributed by atoms with van der Waals surface area (Å²) in [5.41, 5.74) is 2.09. The molecule has 1 unspecified atom stereocenters. The zero-order valence-corrected chi connectivity index (χ0v) is 12.6. The molecule has 2 rings (SSSR count). The molecule has 0 aliphatic rings. The van der Waals surface area contributed by atoms with Crippen LogP contribution in [0.3, 0.4) is 0 Å². The highest BCUT2D eigenvalue weighted by molar-refractivity contribution is 5.96. The predicted molar refractivity (Wildman–Crippen MR) is 81.0 cm³/mol. The van der Waals surface area contributed by atoms with E-state index in [1.54, 1.807) is 19.6 Å². The fourth-order valence-electron chi connectivity index (χ4n) is 2.13. The minimum absolute atomic E-state index is 0.391. The summed E-state index contributed by atoms with van der Waals surface area (Å²) >= 11 is 0. The summed E-state index contributed by atoms with van der Waals surface area (Å²) < 4.78 is 1.97. The lowest BCUT2D eigenvalue weighted by molar-refractivity contribution is -0.149. The number of carboxylic acid groups (broad SMARTS) is 1. The standard InChI is InChI=1S/C16H19N3O3/c1-12(16(21)22)15(20)18(2)9-13-3-5-14(6-4-13)10-19-8-7-17-11-19/h3-8,11-12H,9-10H2,1-2H3,(H,21,22). The van der Waals surface area contributed by atoms with Gasteiger partial charge in [-0.25, -0.2) is 4.98 Å². The van der Waals surface area contributed by atoms with Gasteiger partial charge in [0.2, 0.25) is 5.91 Å². The van der Waals surface area contributed by atoms with Crippen molar-refractivity contribution in [1.82, 2.24) is 14.5 Å². The minimum atomic E-state index is -1.10. The second-order valence-corrected chi connectivity index (χ2v) is 5.31. The van der Waals surface area contributed by atoms with Crippen LogP contribution in [0.4, 0.5) is 0 Å². The molecule has 0 saturated heterocycles. The highest BCUT2D eigenvalue weighted by Crippen LogP contribution is 2.10. The van der Waals surface area contributed by atoms with E-state index in [2.05, 4.69) is 4.98 Å². The summed E-state index contributed by atoms with van der Waals surface area (Å²) in [7, 11) is 1.61. The molecule has 6 nitrogen and oxygen atoms in total. The first-order valence-electron chi connectivity index (χ1n) is 6.98. The molecular weight excluding hydrogens is 282 g/mol. The monoisotopic (exact) mass is 301 g/mol. The maximum Gasteiger partial charge on any atom is 0.315 e. The van der Waals surface area contributed by atoms with Gasteiger partial charge in [-0.15, -0.1) is 0 Å². The molecule has 2 aromatic rings. The molecule has 1 aromatic heterocycles. The minimum Gasteiger partial charge on any atom is -0.481 e. The number of benzene rings is 1. The van der Waals surface area contributed by atoms with E-state index < -0.39 is 17.8 Å². The van der Waals surface area contributed by atoms with Crippen LogP contribution in [-0.4, -0.2) is 38.5 Å². The molecule has 0 fully saturated rings. The summed E-state index contributed by atoms with van der Waals surface area (Å²) in [6.07, 6.45) is 5.39. The first-order chi connectivity index (χ1) is 10.5. The molecule has 6 heteroatoms.